The van der Waals surface area contributed by atoms with Crippen LogP contribution in [-0.4, -0.2) is 38.0 Å². The summed E-state index contributed by atoms with van der Waals surface area (Å²) < 4.78 is 25.0. The topological polar surface area (TPSA) is 101 Å². The average molecular weight is 350 g/mol. The molecule has 0 amide bonds. The predicted octanol–water partition coefficient (Wildman–Crippen LogP) is 0.249. The summed E-state index contributed by atoms with van der Waals surface area (Å²) in [7, 11) is -3.62. The monoisotopic (exact) mass is 349 g/mol. The van der Waals surface area contributed by atoms with E-state index in [0.29, 0.717) is 12.5 Å². The van der Waals surface area contributed by atoms with Gasteiger partial charge in [-0.05, 0) is 34.7 Å². The molecule has 0 radical (unpaired) electrons. The summed E-state index contributed by atoms with van der Waals surface area (Å²) in [5.74, 6) is 0.892. The molecule has 1 fully saturated rings. The Labute approximate surface area is 120 Å². The smallest absolute Gasteiger partial charge is 0.274 e. The number of nitrogens with one attached hydrogen (secondary N) is 1. The maximum atomic E-state index is 10.9. The Kier molecular flexibility index (Phi) is 4.71. The molecule has 7 nitrogen and oxygen atoms in total. The molecule has 3 N–H and O–H groups in total. The second-order valence-corrected chi connectivity index (χ2v) is 6.84. The van der Waals surface area contributed by atoms with E-state index in [1.165, 1.54) is 0 Å². The molecule has 2 heterocycles. The number of rotatable bonds is 4. The van der Waals surface area contributed by atoms with Crippen LogP contribution in [0.3, 0.4) is 0 Å². The van der Waals surface area contributed by atoms with Gasteiger partial charge in [-0.15, -0.1) is 0 Å². The molecule has 1 aliphatic rings. The van der Waals surface area contributed by atoms with Crippen molar-refractivity contribution in [1.29, 1.82) is 0 Å². The van der Waals surface area contributed by atoms with Crippen molar-refractivity contribution < 1.29 is 8.42 Å². The van der Waals surface area contributed by atoms with Crippen molar-refractivity contribution in [3.05, 3.63) is 16.9 Å². The summed E-state index contributed by atoms with van der Waals surface area (Å²) in [6, 6.07) is 0. The van der Waals surface area contributed by atoms with E-state index in [9.17, 15) is 8.42 Å². The van der Waals surface area contributed by atoms with Gasteiger partial charge in [0.1, 0.15) is 0 Å². The van der Waals surface area contributed by atoms with Gasteiger partial charge in [0.25, 0.3) is 10.2 Å². The van der Waals surface area contributed by atoms with Crippen molar-refractivity contribution in [2.45, 2.75) is 12.8 Å². The normalized spacial score (nSPS) is 20.5. The number of nitrogens with zero attached hydrogens (tertiary/aromatic N) is 3. The van der Waals surface area contributed by atoms with Crippen LogP contribution in [0.5, 0.6) is 0 Å². The van der Waals surface area contributed by atoms with E-state index in [1.54, 1.807) is 12.4 Å². The van der Waals surface area contributed by atoms with E-state index in [-0.39, 0.29) is 5.92 Å². The fourth-order valence-electron chi connectivity index (χ4n) is 2.12. The Morgan fingerprint density at radius 2 is 2.16 bits per heavy atom. The molecule has 0 spiro atoms. The van der Waals surface area contributed by atoms with Gasteiger partial charge in [0, 0.05) is 32.0 Å². The molecule has 1 aliphatic heterocycles. The molecule has 1 atom stereocenters. The first-order valence-electron chi connectivity index (χ1n) is 5.94. The third-order valence-corrected chi connectivity index (χ3v) is 3.96. The summed E-state index contributed by atoms with van der Waals surface area (Å²) in [4.78, 5) is 10.6. The number of nitrogens with two attached hydrogens (primary N) is 1. The highest BCUT2D eigenvalue weighted by Gasteiger charge is 2.22. The molecule has 2 rings (SSSR count). The largest absolute Gasteiger partial charge is 0.341 e. The SMILES string of the molecule is NS(=O)(=O)NCC1CCCN(c2ncc(Br)cn2)C1. The first-order chi connectivity index (χ1) is 8.94. The minimum atomic E-state index is -3.62. The summed E-state index contributed by atoms with van der Waals surface area (Å²) >= 11 is 3.29. The minimum absolute atomic E-state index is 0.222. The van der Waals surface area contributed by atoms with E-state index in [2.05, 4.69) is 35.5 Å². The van der Waals surface area contributed by atoms with Crippen LogP contribution in [0.1, 0.15) is 12.8 Å². The third-order valence-electron chi connectivity index (χ3n) is 2.98. The molecule has 1 aromatic heterocycles. The molecule has 1 aromatic rings. The highest BCUT2D eigenvalue weighted by Crippen LogP contribution is 2.20. The van der Waals surface area contributed by atoms with Gasteiger partial charge < -0.3 is 4.90 Å². The molecule has 9 heteroatoms. The van der Waals surface area contributed by atoms with E-state index >= 15 is 0 Å². The van der Waals surface area contributed by atoms with Crippen molar-refractivity contribution in [2.75, 3.05) is 24.5 Å². The Hall–Kier alpha value is -0.770. The second kappa shape index (κ2) is 6.12. The molecule has 19 heavy (non-hydrogen) atoms. The van der Waals surface area contributed by atoms with Gasteiger partial charge in [0.15, 0.2) is 0 Å². The standard InChI is InChI=1S/C10H16BrN5O2S/c11-9-5-13-10(14-6-9)16-3-1-2-8(7-16)4-15-19(12,17)18/h5-6,8,15H,1-4,7H2,(H2,12,17,18). The van der Waals surface area contributed by atoms with Crippen LogP contribution in [0.25, 0.3) is 0 Å². The van der Waals surface area contributed by atoms with Crippen LogP contribution in [0.4, 0.5) is 5.95 Å². The van der Waals surface area contributed by atoms with Crippen molar-refractivity contribution in [2.24, 2.45) is 11.1 Å². The molecule has 0 saturated carbocycles. The van der Waals surface area contributed by atoms with Crippen molar-refractivity contribution in [1.82, 2.24) is 14.7 Å². The maximum absolute atomic E-state index is 10.9. The second-order valence-electron chi connectivity index (χ2n) is 4.55. The predicted molar refractivity (Wildman–Crippen MR) is 75.8 cm³/mol. The number of halogens is 1. The first-order valence-corrected chi connectivity index (χ1v) is 8.28. The zero-order valence-electron chi connectivity index (χ0n) is 10.3. The van der Waals surface area contributed by atoms with Gasteiger partial charge in [-0.1, -0.05) is 0 Å². The fourth-order valence-corrected chi connectivity index (χ4v) is 2.79. The first kappa shape index (κ1) is 14.6. The highest BCUT2D eigenvalue weighted by atomic mass is 79.9. The van der Waals surface area contributed by atoms with Gasteiger partial charge in [0.05, 0.1) is 4.47 Å². The van der Waals surface area contributed by atoms with Gasteiger partial charge >= 0.3 is 0 Å². The van der Waals surface area contributed by atoms with Crippen LogP contribution in [-0.2, 0) is 10.2 Å². The van der Waals surface area contributed by atoms with E-state index in [0.717, 1.165) is 30.4 Å². The Balaban J connectivity index is 1.95. The molecule has 1 unspecified atom stereocenters. The Bertz CT molecular complexity index is 521. The van der Waals surface area contributed by atoms with Crippen LogP contribution < -0.4 is 14.8 Å². The molecule has 0 aliphatic carbocycles. The lowest BCUT2D eigenvalue weighted by Crippen LogP contribution is -2.43. The Morgan fingerprint density at radius 1 is 1.47 bits per heavy atom. The summed E-state index contributed by atoms with van der Waals surface area (Å²) in [5, 5.41) is 4.93. The van der Waals surface area contributed by atoms with Crippen LogP contribution in [0.15, 0.2) is 16.9 Å². The zero-order chi connectivity index (χ0) is 13.9. The number of piperidine rings is 1. The summed E-state index contributed by atoms with van der Waals surface area (Å²) in [6.45, 7) is 1.96. The van der Waals surface area contributed by atoms with E-state index in [1.807, 2.05) is 0 Å². The molecule has 106 valence electrons. The zero-order valence-corrected chi connectivity index (χ0v) is 12.7. The maximum Gasteiger partial charge on any atom is 0.274 e. The lowest BCUT2D eigenvalue weighted by molar-refractivity contribution is 0.407. The van der Waals surface area contributed by atoms with Gasteiger partial charge in [-0.2, -0.15) is 8.42 Å². The third kappa shape index (κ3) is 4.68. The van der Waals surface area contributed by atoms with Crippen molar-refractivity contribution in [3.8, 4) is 0 Å². The van der Waals surface area contributed by atoms with Gasteiger partial charge in [-0.25, -0.2) is 19.8 Å². The molecule has 0 aromatic carbocycles. The lowest BCUT2D eigenvalue weighted by atomic mass is 9.99. The summed E-state index contributed by atoms with van der Waals surface area (Å²) in [6.07, 6.45) is 5.36. The van der Waals surface area contributed by atoms with Crippen LogP contribution in [0.2, 0.25) is 0 Å². The fraction of sp³-hybridized carbons (Fsp3) is 0.600. The highest BCUT2D eigenvalue weighted by molar-refractivity contribution is 9.10. The summed E-state index contributed by atoms with van der Waals surface area (Å²) in [5.41, 5.74) is 0. The number of aromatic nitrogens is 2. The number of hydrogen-bond donors (Lipinski definition) is 2. The quantitative estimate of drug-likeness (QED) is 0.811. The van der Waals surface area contributed by atoms with E-state index in [4.69, 9.17) is 5.14 Å². The lowest BCUT2D eigenvalue weighted by Gasteiger charge is -2.32. The molecular weight excluding hydrogens is 334 g/mol. The molecule has 0 bridgehead atoms. The number of hydrogen-bond acceptors (Lipinski definition) is 5. The molecular formula is C10H16BrN5O2S. The van der Waals surface area contributed by atoms with E-state index < -0.39 is 10.2 Å². The average Bonchev–Trinajstić information content (AvgIpc) is 2.37. The van der Waals surface area contributed by atoms with Crippen LogP contribution >= 0.6 is 15.9 Å². The Morgan fingerprint density at radius 3 is 2.79 bits per heavy atom. The number of anilines is 1. The van der Waals surface area contributed by atoms with Gasteiger partial charge in [0.2, 0.25) is 5.95 Å². The minimum Gasteiger partial charge on any atom is -0.341 e. The van der Waals surface area contributed by atoms with Gasteiger partial charge in [-0.3, -0.25) is 0 Å². The van der Waals surface area contributed by atoms with Crippen molar-refractivity contribution >= 4 is 32.1 Å². The molecule has 1 saturated heterocycles. The van der Waals surface area contributed by atoms with Crippen molar-refractivity contribution in [3.63, 3.8) is 0 Å². The van der Waals surface area contributed by atoms with Crippen LogP contribution in [0, 0.1) is 5.92 Å².